The standard InChI is InChI=1S/C20H23F3N6O2/c1-11-13(12(2)28(4)25-11)10-27(3)19(30)15-9-18-24-14(16-6-5-7-31-16)8-17(20(21,22)23)29(18)26-15/h5-7,9,14,17,24H,8,10H2,1-4H3/t14-,17-/m0/s1. The van der Waals surface area contributed by atoms with E-state index in [2.05, 4.69) is 15.5 Å². The Hall–Kier alpha value is -3.24. The molecule has 8 nitrogen and oxygen atoms in total. The lowest BCUT2D eigenvalue weighted by molar-refractivity contribution is -0.174. The summed E-state index contributed by atoms with van der Waals surface area (Å²) in [6, 6.07) is 2.06. The zero-order chi connectivity index (χ0) is 22.5. The molecular weight excluding hydrogens is 413 g/mol. The van der Waals surface area contributed by atoms with Crippen molar-refractivity contribution >= 4 is 11.7 Å². The monoisotopic (exact) mass is 436 g/mol. The third kappa shape index (κ3) is 3.79. The average Bonchev–Trinajstić information content (AvgIpc) is 3.42. The summed E-state index contributed by atoms with van der Waals surface area (Å²) in [5, 5.41) is 11.4. The normalized spacial score (nSPS) is 18.5. The Morgan fingerprint density at radius 3 is 2.68 bits per heavy atom. The third-order valence-corrected chi connectivity index (χ3v) is 5.70. The van der Waals surface area contributed by atoms with Crippen LogP contribution in [0, 0.1) is 13.8 Å². The average molecular weight is 436 g/mol. The molecule has 1 aliphatic heterocycles. The van der Waals surface area contributed by atoms with Gasteiger partial charge in [-0.25, -0.2) is 4.68 Å². The van der Waals surface area contributed by atoms with Crippen molar-refractivity contribution in [3.05, 3.63) is 52.9 Å². The Bertz CT molecular complexity index is 1100. The molecule has 2 atom stereocenters. The minimum absolute atomic E-state index is 0.0569. The molecule has 0 aliphatic carbocycles. The molecule has 0 unspecified atom stereocenters. The molecule has 4 rings (SSSR count). The molecule has 0 aromatic carbocycles. The number of carbonyl (C=O) groups excluding carboxylic acids is 1. The van der Waals surface area contributed by atoms with Gasteiger partial charge in [-0.1, -0.05) is 0 Å². The number of furan rings is 1. The van der Waals surface area contributed by atoms with Gasteiger partial charge in [0.25, 0.3) is 5.91 Å². The zero-order valence-corrected chi connectivity index (χ0v) is 17.6. The summed E-state index contributed by atoms with van der Waals surface area (Å²) in [6.07, 6.45) is -3.40. The topological polar surface area (TPSA) is 81.1 Å². The number of carbonyl (C=O) groups is 1. The van der Waals surface area contributed by atoms with E-state index in [4.69, 9.17) is 4.42 Å². The van der Waals surface area contributed by atoms with Crippen LogP contribution in [0.1, 0.15) is 51.7 Å². The Morgan fingerprint density at radius 2 is 2.10 bits per heavy atom. The summed E-state index contributed by atoms with van der Waals surface area (Å²) >= 11 is 0. The van der Waals surface area contributed by atoms with Gasteiger partial charge in [0.15, 0.2) is 11.7 Å². The third-order valence-electron chi connectivity index (χ3n) is 5.70. The van der Waals surface area contributed by atoms with E-state index >= 15 is 0 Å². The van der Waals surface area contributed by atoms with E-state index in [1.165, 1.54) is 17.2 Å². The molecule has 3 aromatic heterocycles. The fourth-order valence-corrected chi connectivity index (χ4v) is 3.90. The molecule has 0 fully saturated rings. The molecule has 0 bridgehead atoms. The fourth-order valence-electron chi connectivity index (χ4n) is 3.90. The largest absolute Gasteiger partial charge is 0.467 e. The minimum atomic E-state index is -4.52. The van der Waals surface area contributed by atoms with Crippen molar-refractivity contribution in [1.82, 2.24) is 24.5 Å². The van der Waals surface area contributed by atoms with E-state index in [-0.39, 0.29) is 24.5 Å². The molecule has 4 heterocycles. The van der Waals surface area contributed by atoms with Gasteiger partial charge in [-0.2, -0.15) is 23.4 Å². The van der Waals surface area contributed by atoms with E-state index < -0.39 is 24.2 Å². The summed E-state index contributed by atoms with van der Waals surface area (Å²) in [6.45, 7) is 4.02. The lowest BCUT2D eigenvalue weighted by Crippen LogP contribution is -2.35. The van der Waals surface area contributed by atoms with E-state index in [0.717, 1.165) is 21.6 Å². The van der Waals surface area contributed by atoms with Crippen molar-refractivity contribution < 1.29 is 22.4 Å². The molecule has 0 saturated heterocycles. The molecular formula is C20H23F3N6O2. The first-order valence-corrected chi connectivity index (χ1v) is 9.77. The smallest absolute Gasteiger partial charge is 0.410 e. The molecule has 31 heavy (non-hydrogen) atoms. The van der Waals surface area contributed by atoms with E-state index in [9.17, 15) is 18.0 Å². The predicted molar refractivity (Wildman–Crippen MR) is 105 cm³/mol. The van der Waals surface area contributed by atoms with Gasteiger partial charge in [-0.3, -0.25) is 9.48 Å². The summed E-state index contributed by atoms with van der Waals surface area (Å²) < 4.78 is 49.1. The maximum Gasteiger partial charge on any atom is 0.410 e. The summed E-state index contributed by atoms with van der Waals surface area (Å²) in [7, 11) is 3.41. The Kier molecular flexibility index (Phi) is 5.06. The lowest BCUT2D eigenvalue weighted by Gasteiger charge is -2.32. The van der Waals surface area contributed by atoms with Crippen LogP contribution in [0.2, 0.25) is 0 Å². The summed E-state index contributed by atoms with van der Waals surface area (Å²) in [4.78, 5) is 14.4. The second kappa shape index (κ2) is 7.47. The van der Waals surface area contributed by atoms with Crippen molar-refractivity contribution in [2.45, 2.75) is 45.1 Å². The summed E-state index contributed by atoms with van der Waals surface area (Å²) in [5.74, 6) is 0.0523. The van der Waals surface area contributed by atoms with Gasteiger partial charge < -0.3 is 14.6 Å². The number of nitrogens with one attached hydrogen (secondary N) is 1. The number of aromatic nitrogens is 4. The van der Waals surface area contributed by atoms with Crippen LogP contribution in [0.25, 0.3) is 0 Å². The number of alkyl halides is 3. The van der Waals surface area contributed by atoms with Gasteiger partial charge in [0.2, 0.25) is 0 Å². The maximum absolute atomic E-state index is 13.8. The SMILES string of the molecule is Cc1nn(C)c(C)c1CN(C)C(=O)c1cc2n(n1)[C@H](C(F)(F)F)C[C@@H](c1ccco1)N2. The van der Waals surface area contributed by atoms with Crippen LogP contribution < -0.4 is 5.32 Å². The highest BCUT2D eigenvalue weighted by Crippen LogP contribution is 2.43. The number of anilines is 1. The first kappa shape index (κ1) is 21.0. The first-order chi connectivity index (χ1) is 14.6. The van der Waals surface area contributed by atoms with Crippen LogP contribution in [-0.2, 0) is 13.6 Å². The van der Waals surface area contributed by atoms with E-state index in [1.54, 1.807) is 23.9 Å². The lowest BCUT2D eigenvalue weighted by atomic mass is 10.0. The van der Waals surface area contributed by atoms with Crippen molar-refractivity contribution in [3.63, 3.8) is 0 Å². The molecule has 0 saturated carbocycles. The number of amides is 1. The highest BCUT2D eigenvalue weighted by Gasteiger charge is 2.47. The number of aryl methyl sites for hydroxylation is 2. The van der Waals surface area contributed by atoms with Gasteiger partial charge >= 0.3 is 6.18 Å². The molecule has 3 aromatic rings. The Morgan fingerprint density at radius 1 is 1.35 bits per heavy atom. The van der Waals surface area contributed by atoms with Gasteiger partial charge in [-0.15, -0.1) is 0 Å². The quantitative estimate of drug-likeness (QED) is 0.674. The van der Waals surface area contributed by atoms with E-state index in [0.29, 0.717) is 5.76 Å². The second-order valence-corrected chi connectivity index (χ2v) is 7.80. The van der Waals surface area contributed by atoms with Crippen LogP contribution in [0.4, 0.5) is 19.0 Å². The molecule has 166 valence electrons. The molecule has 1 aliphatic rings. The van der Waals surface area contributed by atoms with Gasteiger partial charge in [-0.05, 0) is 26.0 Å². The molecule has 1 N–H and O–H groups in total. The number of hydrogen-bond acceptors (Lipinski definition) is 5. The molecule has 0 radical (unpaired) electrons. The van der Waals surface area contributed by atoms with Crippen LogP contribution >= 0.6 is 0 Å². The van der Waals surface area contributed by atoms with Crippen LogP contribution in [0.5, 0.6) is 0 Å². The number of nitrogens with zero attached hydrogens (tertiary/aromatic N) is 5. The fraction of sp³-hybridized carbons (Fsp3) is 0.450. The van der Waals surface area contributed by atoms with Crippen LogP contribution in [0.15, 0.2) is 28.9 Å². The number of fused-ring (bicyclic) bond motifs is 1. The summed E-state index contributed by atoms with van der Waals surface area (Å²) in [5.41, 5.74) is 2.55. The van der Waals surface area contributed by atoms with Crippen LogP contribution in [-0.4, -0.2) is 43.6 Å². The van der Waals surface area contributed by atoms with Gasteiger partial charge in [0, 0.05) is 44.4 Å². The Balaban J connectivity index is 1.62. The number of halogens is 3. The molecule has 11 heteroatoms. The van der Waals surface area contributed by atoms with Crippen molar-refractivity contribution in [2.24, 2.45) is 7.05 Å². The highest BCUT2D eigenvalue weighted by molar-refractivity contribution is 5.93. The first-order valence-electron chi connectivity index (χ1n) is 9.77. The van der Waals surface area contributed by atoms with Gasteiger partial charge in [0.1, 0.15) is 11.6 Å². The van der Waals surface area contributed by atoms with Crippen molar-refractivity contribution in [3.8, 4) is 0 Å². The second-order valence-electron chi connectivity index (χ2n) is 7.80. The molecule has 1 amide bonds. The minimum Gasteiger partial charge on any atom is -0.467 e. The maximum atomic E-state index is 13.8. The molecule has 0 spiro atoms. The number of hydrogen-bond donors (Lipinski definition) is 1. The van der Waals surface area contributed by atoms with Crippen molar-refractivity contribution in [2.75, 3.05) is 12.4 Å². The Labute approximate surface area is 176 Å². The van der Waals surface area contributed by atoms with Crippen molar-refractivity contribution in [1.29, 1.82) is 0 Å². The highest BCUT2D eigenvalue weighted by atomic mass is 19.4. The predicted octanol–water partition coefficient (Wildman–Crippen LogP) is 3.76. The zero-order valence-electron chi connectivity index (χ0n) is 17.6. The van der Waals surface area contributed by atoms with E-state index in [1.807, 2.05) is 20.9 Å². The van der Waals surface area contributed by atoms with Crippen LogP contribution in [0.3, 0.4) is 0 Å². The van der Waals surface area contributed by atoms with Gasteiger partial charge in [0.05, 0.1) is 18.0 Å². The number of rotatable bonds is 4.